The molecule has 0 radical (unpaired) electrons. The molecular formula is C18H16N2O5. The van der Waals surface area contributed by atoms with Crippen LogP contribution in [0.3, 0.4) is 0 Å². The van der Waals surface area contributed by atoms with Gasteiger partial charge in [-0.1, -0.05) is 12.1 Å². The summed E-state index contributed by atoms with van der Waals surface area (Å²) in [4.78, 5) is 23.9. The Bertz CT molecular complexity index is 867. The molecule has 0 spiro atoms. The zero-order valence-electron chi connectivity index (χ0n) is 13.4. The minimum absolute atomic E-state index is 0.0933. The molecule has 2 aromatic heterocycles. The third kappa shape index (κ3) is 3.89. The molecule has 1 aromatic carbocycles. The Morgan fingerprint density at radius 3 is 2.68 bits per heavy atom. The number of furan rings is 2. The largest absolute Gasteiger partial charge is 0.495 e. The molecule has 0 aliphatic heterocycles. The van der Waals surface area contributed by atoms with E-state index in [4.69, 9.17) is 13.6 Å². The van der Waals surface area contributed by atoms with E-state index in [0.717, 1.165) is 5.56 Å². The Kier molecular flexibility index (Phi) is 4.84. The molecule has 7 nitrogen and oxygen atoms in total. The van der Waals surface area contributed by atoms with Gasteiger partial charge in [-0.2, -0.15) is 0 Å². The number of para-hydroxylation sites is 2. The molecule has 0 aliphatic carbocycles. The van der Waals surface area contributed by atoms with Crippen molar-refractivity contribution >= 4 is 17.5 Å². The summed E-state index contributed by atoms with van der Waals surface area (Å²) < 4.78 is 15.7. The molecule has 2 heterocycles. The van der Waals surface area contributed by atoms with Crippen molar-refractivity contribution in [3.63, 3.8) is 0 Å². The van der Waals surface area contributed by atoms with Crippen LogP contribution in [0.1, 0.15) is 5.76 Å². The fourth-order valence-corrected chi connectivity index (χ4v) is 2.21. The minimum atomic E-state index is -0.786. The lowest BCUT2D eigenvalue weighted by Crippen LogP contribution is -2.34. The second-order valence-corrected chi connectivity index (χ2v) is 5.12. The number of nitrogens with one attached hydrogen (secondary N) is 2. The third-order valence-corrected chi connectivity index (χ3v) is 3.45. The maximum Gasteiger partial charge on any atom is 0.313 e. The first kappa shape index (κ1) is 16.4. The van der Waals surface area contributed by atoms with Crippen LogP contribution < -0.4 is 15.4 Å². The molecule has 3 rings (SSSR count). The van der Waals surface area contributed by atoms with Crippen molar-refractivity contribution in [1.29, 1.82) is 0 Å². The summed E-state index contributed by atoms with van der Waals surface area (Å²) >= 11 is 0. The van der Waals surface area contributed by atoms with E-state index in [1.54, 1.807) is 55.0 Å². The molecule has 0 unspecified atom stereocenters. The summed E-state index contributed by atoms with van der Waals surface area (Å²) in [5.41, 5.74) is 1.22. The van der Waals surface area contributed by atoms with Gasteiger partial charge in [0, 0.05) is 0 Å². The van der Waals surface area contributed by atoms with Crippen molar-refractivity contribution in [2.75, 3.05) is 12.4 Å². The van der Waals surface area contributed by atoms with Gasteiger partial charge >= 0.3 is 11.8 Å². The molecule has 0 atom stereocenters. The Labute approximate surface area is 143 Å². The summed E-state index contributed by atoms with van der Waals surface area (Å²) in [6.45, 7) is 0.0933. The van der Waals surface area contributed by atoms with E-state index in [1.807, 2.05) is 0 Å². The van der Waals surface area contributed by atoms with Crippen molar-refractivity contribution in [1.82, 2.24) is 5.32 Å². The highest BCUT2D eigenvalue weighted by Gasteiger charge is 2.16. The normalized spacial score (nSPS) is 10.3. The number of carbonyl (C=O) groups is 2. The number of amides is 2. The first-order valence-corrected chi connectivity index (χ1v) is 7.51. The first-order valence-electron chi connectivity index (χ1n) is 7.51. The van der Waals surface area contributed by atoms with E-state index in [0.29, 0.717) is 23.0 Å². The predicted octanol–water partition coefficient (Wildman–Crippen LogP) is 2.80. The van der Waals surface area contributed by atoms with Gasteiger partial charge in [0.1, 0.15) is 23.5 Å². The minimum Gasteiger partial charge on any atom is -0.495 e. The molecule has 3 aromatic rings. The molecule has 0 saturated heterocycles. The lowest BCUT2D eigenvalue weighted by atomic mass is 10.3. The lowest BCUT2D eigenvalue weighted by molar-refractivity contribution is -0.136. The summed E-state index contributed by atoms with van der Waals surface area (Å²) in [7, 11) is 1.49. The number of methoxy groups -OCH3 is 1. The van der Waals surface area contributed by atoms with E-state index < -0.39 is 11.8 Å². The van der Waals surface area contributed by atoms with Crippen molar-refractivity contribution in [2.24, 2.45) is 0 Å². The highest BCUT2D eigenvalue weighted by molar-refractivity contribution is 6.39. The van der Waals surface area contributed by atoms with E-state index in [-0.39, 0.29) is 6.54 Å². The summed E-state index contributed by atoms with van der Waals surface area (Å²) in [6, 6.07) is 12.1. The zero-order chi connectivity index (χ0) is 17.6. The number of hydrogen-bond donors (Lipinski definition) is 2. The number of ether oxygens (including phenoxy) is 1. The topological polar surface area (TPSA) is 93.7 Å². The van der Waals surface area contributed by atoms with E-state index in [1.165, 1.54) is 7.11 Å². The molecule has 0 saturated carbocycles. The van der Waals surface area contributed by atoms with Gasteiger partial charge in [0.05, 0.1) is 31.2 Å². The van der Waals surface area contributed by atoms with E-state index >= 15 is 0 Å². The van der Waals surface area contributed by atoms with Crippen LogP contribution >= 0.6 is 0 Å². The molecule has 0 fully saturated rings. The molecule has 2 amide bonds. The maximum absolute atomic E-state index is 12.0. The summed E-state index contributed by atoms with van der Waals surface area (Å²) in [6.07, 6.45) is 3.10. The van der Waals surface area contributed by atoms with Crippen LogP contribution in [0.5, 0.6) is 5.75 Å². The number of carbonyl (C=O) groups excluding carboxylic acids is 2. The van der Waals surface area contributed by atoms with Crippen LogP contribution in [0.2, 0.25) is 0 Å². The quantitative estimate of drug-likeness (QED) is 0.697. The van der Waals surface area contributed by atoms with Crippen LogP contribution in [-0.4, -0.2) is 18.9 Å². The summed E-state index contributed by atoms with van der Waals surface area (Å²) in [5.74, 6) is 0.0591. The van der Waals surface area contributed by atoms with Crippen molar-refractivity contribution in [3.8, 4) is 17.1 Å². The van der Waals surface area contributed by atoms with Gasteiger partial charge in [-0.25, -0.2) is 0 Å². The average molecular weight is 340 g/mol. The Morgan fingerprint density at radius 1 is 1.08 bits per heavy atom. The second kappa shape index (κ2) is 7.39. The monoisotopic (exact) mass is 340 g/mol. The Balaban J connectivity index is 1.56. The van der Waals surface area contributed by atoms with Gasteiger partial charge in [0.15, 0.2) is 0 Å². The van der Waals surface area contributed by atoms with Gasteiger partial charge in [-0.05, 0) is 30.3 Å². The van der Waals surface area contributed by atoms with Crippen LogP contribution in [0, 0.1) is 0 Å². The molecule has 0 bridgehead atoms. The Hall–Kier alpha value is -3.48. The van der Waals surface area contributed by atoms with Crippen LogP contribution in [0.4, 0.5) is 5.69 Å². The van der Waals surface area contributed by atoms with Gasteiger partial charge in [0.25, 0.3) is 0 Å². The van der Waals surface area contributed by atoms with Crippen molar-refractivity contribution < 1.29 is 23.2 Å². The number of benzene rings is 1. The van der Waals surface area contributed by atoms with Gasteiger partial charge < -0.3 is 24.2 Å². The second-order valence-electron chi connectivity index (χ2n) is 5.12. The summed E-state index contributed by atoms with van der Waals surface area (Å²) in [5, 5.41) is 5.01. The fraction of sp³-hybridized carbons (Fsp3) is 0.111. The highest BCUT2D eigenvalue weighted by Crippen LogP contribution is 2.23. The molecule has 128 valence electrons. The van der Waals surface area contributed by atoms with E-state index in [9.17, 15) is 9.59 Å². The number of rotatable bonds is 5. The highest BCUT2D eigenvalue weighted by atomic mass is 16.5. The molecule has 2 N–H and O–H groups in total. The molecule has 25 heavy (non-hydrogen) atoms. The van der Waals surface area contributed by atoms with Crippen LogP contribution in [0.25, 0.3) is 11.3 Å². The smallest absolute Gasteiger partial charge is 0.313 e. The Morgan fingerprint density at radius 2 is 1.92 bits per heavy atom. The van der Waals surface area contributed by atoms with Crippen LogP contribution in [0.15, 0.2) is 63.8 Å². The fourth-order valence-electron chi connectivity index (χ4n) is 2.21. The maximum atomic E-state index is 12.0. The van der Waals surface area contributed by atoms with Crippen molar-refractivity contribution in [2.45, 2.75) is 6.54 Å². The molecule has 7 heteroatoms. The van der Waals surface area contributed by atoms with Crippen molar-refractivity contribution in [3.05, 3.63) is 60.8 Å². The standard InChI is InChI=1S/C18H16N2O5/c1-23-16-5-3-2-4-14(16)20-18(22)17(21)19-10-13-6-7-15(25-13)12-8-9-24-11-12/h2-9,11H,10H2,1H3,(H,19,21)(H,20,22). The predicted molar refractivity (Wildman–Crippen MR) is 89.9 cm³/mol. The zero-order valence-corrected chi connectivity index (χ0v) is 13.4. The van der Waals surface area contributed by atoms with Gasteiger partial charge in [-0.3, -0.25) is 9.59 Å². The van der Waals surface area contributed by atoms with E-state index in [2.05, 4.69) is 10.6 Å². The number of hydrogen-bond acceptors (Lipinski definition) is 5. The third-order valence-electron chi connectivity index (χ3n) is 3.45. The average Bonchev–Trinajstić information content (AvgIpc) is 3.31. The molecular weight excluding hydrogens is 324 g/mol. The van der Waals surface area contributed by atoms with Gasteiger partial charge in [0.2, 0.25) is 0 Å². The SMILES string of the molecule is COc1ccccc1NC(=O)C(=O)NCc1ccc(-c2ccoc2)o1. The number of anilines is 1. The van der Waals surface area contributed by atoms with Gasteiger partial charge in [-0.15, -0.1) is 0 Å². The molecule has 0 aliphatic rings. The first-order chi connectivity index (χ1) is 12.2. The lowest BCUT2D eigenvalue weighted by Gasteiger charge is -2.09. The van der Waals surface area contributed by atoms with Crippen LogP contribution in [-0.2, 0) is 16.1 Å².